The van der Waals surface area contributed by atoms with Crippen molar-refractivity contribution < 1.29 is 8.42 Å². The zero-order valence-corrected chi connectivity index (χ0v) is 13.0. The number of piperazine rings is 1. The number of aromatic nitrogens is 2. The Morgan fingerprint density at radius 2 is 1.76 bits per heavy atom. The molecule has 0 aliphatic carbocycles. The Morgan fingerprint density at radius 3 is 2.43 bits per heavy atom. The largest absolute Gasteiger partial charge is 0.314 e. The molecule has 0 saturated carbocycles. The van der Waals surface area contributed by atoms with Gasteiger partial charge in [0.15, 0.2) is 0 Å². The number of para-hydroxylation sites is 1. The van der Waals surface area contributed by atoms with Crippen molar-refractivity contribution in [1.82, 2.24) is 19.4 Å². The van der Waals surface area contributed by atoms with Crippen molar-refractivity contribution >= 4 is 22.4 Å². The van der Waals surface area contributed by atoms with E-state index in [0.29, 0.717) is 26.2 Å². The van der Waals surface area contributed by atoms with Gasteiger partial charge in [0.05, 0.1) is 18.1 Å². The van der Waals surface area contributed by atoms with Crippen molar-refractivity contribution in [1.29, 1.82) is 0 Å². The van der Waals surface area contributed by atoms with E-state index in [1.165, 1.54) is 10.5 Å². The molecule has 0 radical (unpaired) electrons. The van der Waals surface area contributed by atoms with E-state index in [2.05, 4.69) is 10.4 Å². The van der Waals surface area contributed by atoms with Gasteiger partial charge >= 0.3 is 0 Å². The molecule has 1 aliphatic rings. The van der Waals surface area contributed by atoms with Gasteiger partial charge in [-0.15, -0.1) is 12.4 Å². The molecule has 1 aliphatic heterocycles. The maximum Gasteiger partial charge on any atom is 0.246 e. The molecule has 6 nitrogen and oxygen atoms in total. The Bertz CT molecular complexity index is 681. The van der Waals surface area contributed by atoms with Gasteiger partial charge in [-0.25, -0.2) is 13.1 Å². The minimum absolute atomic E-state index is 0. The maximum absolute atomic E-state index is 12.5. The van der Waals surface area contributed by atoms with E-state index in [1.54, 1.807) is 10.9 Å². The van der Waals surface area contributed by atoms with Gasteiger partial charge in [0.1, 0.15) is 4.90 Å². The first-order chi connectivity index (χ1) is 9.68. The van der Waals surface area contributed by atoms with Crippen LogP contribution in [-0.2, 0) is 10.0 Å². The number of sulfonamides is 1. The number of benzene rings is 1. The minimum atomic E-state index is -3.44. The molecule has 0 amide bonds. The normalized spacial score (nSPS) is 16.4. The first kappa shape index (κ1) is 16.0. The Morgan fingerprint density at radius 1 is 1.10 bits per heavy atom. The molecule has 2 aromatic rings. The van der Waals surface area contributed by atoms with Gasteiger partial charge in [-0.3, -0.25) is 0 Å². The topological polar surface area (TPSA) is 67.2 Å². The van der Waals surface area contributed by atoms with E-state index >= 15 is 0 Å². The Kier molecular flexibility index (Phi) is 5.00. The molecule has 8 heteroatoms. The summed E-state index contributed by atoms with van der Waals surface area (Å²) in [4.78, 5) is 0.239. The third-order valence-corrected chi connectivity index (χ3v) is 5.14. The van der Waals surface area contributed by atoms with Crippen molar-refractivity contribution in [3.05, 3.63) is 42.7 Å². The van der Waals surface area contributed by atoms with Gasteiger partial charge in [-0.1, -0.05) is 18.2 Å². The fraction of sp³-hybridized carbons (Fsp3) is 0.308. The highest BCUT2D eigenvalue weighted by Crippen LogP contribution is 2.17. The monoisotopic (exact) mass is 328 g/mol. The average Bonchev–Trinajstić information content (AvgIpc) is 3.00. The average molecular weight is 329 g/mol. The maximum atomic E-state index is 12.5. The van der Waals surface area contributed by atoms with E-state index in [4.69, 9.17) is 0 Å². The SMILES string of the molecule is Cl.O=S(=O)(c1cnn(-c2ccccc2)c1)N1CCNCC1. The second-order valence-corrected chi connectivity index (χ2v) is 6.55. The predicted molar refractivity (Wildman–Crippen MR) is 82.4 cm³/mol. The van der Waals surface area contributed by atoms with E-state index in [0.717, 1.165) is 5.69 Å². The van der Waals surface area contributed by atoms with Crippen LogP contribution in [0, 0.1) is 0 Å². The van der Waals surface area contributed by atoms with Crippen molar-refractivity contribution in [2.45, 2.75) is 4.90 Å². The van der Waals surface area contributed by atoms with Crippen LogP contribution in [-0.4, -0.2) is 48.7 Å². The molecule has 0 atom stereocenters. The molecule has 2 heterocycles. The first-order valence-electron chi connectivity index (χ1n) is 6.49. The lowest BCUT2D eigenvalue weighted by molar-refractivity contribution is 0.360. The fourth-order valence-corrected chi connectivity index (χ4v) is 3.57. The van der Waals surface area contributed by atoms with E-state index in [1.807, 2.05) is 30.3 Å². The summed E-state index contributed by atoms with van der Waals surface area (Å²) in [6, 6.07) is 9.46. The van der Waals surface area contributed by atoms with Crippen LogP contribution in [0.25, 0.3) is 5.69 Å². The molecule has 3 rings (SSSR count). The number of nitrogens with zero attached hydrogens (tertiary/aromatic N) is 3. The van der Waals surface area contributed by atoms with Crippen molar-refractivity contribution in [2.24, 2.45) is 0 Å². The zero-order valence-electron chi connectivity index (χ0n) is 11.3. The van der Waals surface area contributed by atoms with Crippen LogP contribution < -0.4 is 5.32 Å². The van der Waals surface area contributed by atoms with E-state index in [-0.39, 0.29) is 17.3 Å². The van der Waals surface area contributed by atoms with Crippen molar-refractivity contribution in [2.75, 3.05) is 26.2 Å². The summed E-state index contributed by atoms with van der Waals surface area (Å²) < 4.78 is 28.0. The summed E-state index contributed by atoms with van der Waals surface area (Å²) in [7, 11) is -3.44. The van der Waals surface area contributed by atoms with Gasteiger partial charge in [0, 0.05) is 26.2 Å². The molecular weight excluding hydrogens is 312 g/mol. The molecule has 1 aromatic carbocycles. The second kappa shape index (κ2) is 6.57. The van der Waals surface area contributed by atoms with Gasteiger partial charge < -0.3 is 5.32 Å². The fourth-order valence-electron chi connectivity index (χ4n) is 2.20. The first-order valence-corrected chi connectivity index (χ1v) is 7.93. The highest BCUT2D eigenvalue weighted by atomic mass is 35.5. The van der Waals surface area contributed by atoms with Crippen LogP contribution >= 0.6 is 12.4 Å². The number of rotatable bonds is 3. The zero-order chi connectivity index (χ0) is 14.0. The Labute approximate surface area is 130 Å². The molecule has 0 unspecified atom stereocenters. The molecule has 21 heavy (non-hydrogen) atoms. The van der Waals surface area contributed by atoms with E-state index in [9.17, 15) is 8.42 Å². The van der Waals surface area contributed by atoms with Crippen LogP contribution in [0.2, 0.25) is 0 Å². The number of halogens is 1. The number of hydrogen-bond donors (Lipinski definition) is 1. The molecule has 1 saturated heterocycles. The molecule has 1 fully saturated rings. The summed E-state index contributed by atoms with van der Waals surface area (Å²) in [6.45, 7) is 2.37. The van der Waals surface area contributed by atoms with Crippen LogP contribution in [0.4, 0.5) is 0 Å². The minimum Gasteiger partial charge on any atom is -0.314 e. The standard InChI is InChI=1S/C13H16N4O2S.ClH/c18-20(19,16-8-6-14-7-9-16)13-10-15-17(11-13)12-4-2-1-3-5-12;/h1-5,10-11,14H,6-9H2;1H. The van der Waals surface area contributed by atoms with Crippen molar-refractivity contribution in [3.63, 3.8) is 0 Å². The molecule has 114 valence electrons. The summed E-state index contributed by atoms with van der Waals surface area (Å²) in [6.07, 6.45) is 2.97. The van der Waals surface area contributed by atoms with Crippen LogP contribution in [0.5, 0.6) is 0 Å². The van der Waals surface area contributed by atoms with Crippen molar-refractivity contribution in [3.8, 4) is 5.69 Å². The van der Waals surface area contributed by atoms with Gasteiger partial charge in [-0.2, -0.15) is 9.40 Å². The van der Waals surface area contributed by atoms with Gasteiger partial charge in [0.25, 0.3) is 0 Å². The number of hydrogen-bond acceptors (Lipinski definition) is 4. The van der Waals surface area contributed by atoms with Gasteiger partial charge in [0.2, 0.25) is 10.0 Å². The Balaban J connectivity index is 0.00000161. The lowest BCUT2D eigenvalue weighted by Gasteiger charge is -2.25. The Hall–Kier alpha value is -1.41. The van der Waals surface area contributed by atoms with Crippen LogP contribution in [0.3, 0.4) is 0 Å². The lowest BCUT2D eigenvalue weighted by Crippen LogP contribution is -2.46. The van der Waals surface area contributed by atoms with E-state index < -0.39 is 10.0 Å². The molecule has 1 N–H and O–H groups in total. The second-order valence-electron chi connectivity index (χ2n) is 4.61. The smallest absolute Gasteiger partial charge is 0.246 e. The predicted octanol–water partition coefficient (Wildman–Crippen LogP) is 0.888. The highest BCUT2D eigenvalue weighted by Gasteiger charge is 2.27. The summed E-state index contributed by atoms with van der Waals surface area (Å²) in [5.41, 5.74) is 0.842. The highest BCUT2D eigenvalue weighted by molar-refractivity contribution is 7.89. The number of nitrogens with one attached hydrogen (secondary N) is 1. The quantitative estimate of drug-likeness (QED) is 0.908. The molecule has 1 aromatic heterocycles. The van der Waals surface area contributed by atoms with Crippen LogP contribution in [0.15, 0.2) is 47.6 Å². The summed E-state index contributed by atoms with van der Waals surface area (Å²) >= 11 is 0. The van der Waals surface area contributed by atoms with Crippen LogP contribution in [0.1, 0.15) is 0 Å². The summed E-state index contributed by atoms with van der Waals surface area (Å²) in [5, 5.41) is 7.29. The summed E-state index contributed by atoms with van der Waals surface area (Å²) in [5.74, 6) is 0. The lowest BCUT2D eigenvalue weighted by atomic mass is 10.3. The molecular formula is C13H17ClN4O2S. The third-order valence-electron chi connectivity index (χ3n) is 3.29. The molecule has 0 bridgehead atoms. The van der Waals surface area contributed by atoms with Gasteiger partial charge in [-0.05, 0) is 12.1 Å². The third kappa shape index (κ3) is 3.26. The molecule has 0 spiro atoms.